The summed E-state index contributed by atoms with van der Waals surface area (Å²) < 4.78 is 0. The summed E-state index contributed by atoms with van der Waals surface area (Å²) in [5.41, 5.74) is -0.0500. The maximum absolute atomic E-state index is 12.1. The Labute approximate surface area is 119 Å². The zero-order valence-corrected chi connectivity index (χ0v) is 10.9. The van der Waals surface area contributed by atoms with E-state index in [1.54, 1.807) is 0 Å². The van der Waals surface area contributed by atoms with Crippen molar-refractivity contribution in [3.8, 4) is 0 Å². The molecule has 0 bridgehead atoms. The Balaban J connectivity index is 2.02. The van der Waals surface area contributed by atoms with Crippen LogP contribution in [0.5, 0.6) is 0 Å². The lowest BCUT2D eigenvalue weighted by Gasteiger charge is -2.28. The Hall–Kier alpha value is -2.71. The molecule has 1 saturated heterocycles. The molecule has 9 nitrogen and oxygen atoms in total. The molecule has 2 aliphatic rings. The number of hydrogen-bond acceptors (Lipinski definition) is 6. The molecule has 3 N–H and O–H groups in total. The number of carbonyl (C=O) groups excluding carboxylic acids is 4. The summed E-state index contributed by atoms with van der Waals surface area (Å²) in [7, 11) is 0. The molecule has 4 amide bonds. The number of hydrogen-bond donors (Lipinski definition) is 3. The molecule has 0 aliphatic carbocycles. The van der Waals surface area contributed by atoms with Gasteiger partial charge in [0.2, 0.25) is 11.8 Å². The average molecular weight is 295 g/mol. The predicted octanol–water partition coefficient (Wildman–Crippen LogP) is -1.89. The van der Waals surface area contributed by atoms with Gasteiger partial charge in [-0.25, -0.2) is 0 Å². The topological polar surface area (TPSA) is 133 Å². The van der Waals surface area contributed by atoms with Crippen LogP contribution in [0.15, 0.2) is 11.8 Å². The zero-order valence-electron chi connectivity index (χ0n) is 10.9. The van der Waals surface area contributed by atoms with Crippen molar-refractivity contribution in [2.75, 3.05) is 6.54 Å². The van der Waals surface area contributed by atoms with Crippen molar-refractivity contribution in [1.29, 1.82) is 0 Å². The summed E-state index contributed by atoms with van der Waals surface area (Å²) in [5, 5.41) is 13.1. The van der Waals surface area contributed by atoms with Gasteiger partial charge in [0.25, 0.3) is 11.8 Å². The SMILES string of the molecule is O=C(O)CCNC1=CC(=O)N(C2CCC(=O)NC2=O)C1=O. The van der Waals surface area contributed by atoms with Crippen molar-refractivity contribution in [3.05, 3.63) is 11.8 Å². The molecule has 2 rings (SSSR count). The standard InChI is InChI=1S/C12H13N3O6/c16-8-2-1-7(11(20)14-8)15-9(17)5-6(12(15)21)13-4-3-10(18)19/h5,7,13H,1-4H2,(H,18,19)(H,14,16,20). The lowest BCUT2D eigenvalue weighted by Crippen LogP contribution is -2.54. The molecule has 0 aromatic rings. The molecular weight excluding hydrogens is 282 g/mol. The first-order chi connectivity index (χ1) is 9.90. The molecule has 1 fully saturated rings. The molecule has 1 atom stereocenters. The van der Waals surface area contributed by atoms with E-state index in [4.69, 9.17) is 5.11 Å². The van der Waals surface area contributed by atoms with Crippen molar-refractivity contribution in [2.24, 2.45) is 0 Å². The maximum Gasteiger partial charge on any atom is 0.305 e. The van der Waals surface area contributed by atoms with Crippen LogP contribution in [0, 0.1) is 0 Å². The van der Waals surface area contributed by atoms with Crippen molar-refractivity contribution in [1.82, 2.24) is 15.5 Å². The Morgan fingerprint density at radius 3 is 2.71 bits per heavy atom. The van der Waals surface area contributed by atoms with Gasteiger partial charge in [-0.3, -0.25) is 34.2 Å². The number of carbonyl (C=O) groups is 5. The lowest BCUT2D eigenvalue weighted by atomic mass is 10.0. The van der Waals surface area contributed by atoms with E-state index in [0.29, 0.717) is 0 Å². The summed E-state index contributed by atoms with van der Waals surface area (Å²) in [5.74, 6) is -3.52. The highest BCUT2D eigenvalue weighted by atomic mass is 16.4. The molecule has 0 spiro atoms. The second kappa shape index (κ2) is 5.73. The van der Waals surface area contributed by atoms with E-state index in [0.717, 1.165) is 11.0 Å². The van der Waals surface area contributed by atoms with E-state index in [1.165, 1.54) is 0 Å². The van der Waals surface area contributed by atoms with Crippen molar-refractivity contribution in [2.45, 2.75) is 25.3 Å². The quantitative estimate of drug-likeness (QED) is 0.505. The van der Waals surface area contributed by atoms with Gasteiger partial charge >= 0.3 is 5.97 Å². The van der Waals surface area contributed by atoms with Crippen LogP contribution < -0.4 is 10.6 Å². The predicted molar refractivity (Wildman–Crippen MR) is 66.4 cm³/mol. The molecule has 0 aromatic carbocycles. The molecule has 0 saturated carbocycles. The number of rotatable bonds is 5. The van der Waals surface area contributed by atoms with E-state index >= 15 is 0 Å². The van der Waals surface area contributed by atoms with Crippen molar-refractivity contribution < 1.29 is 29.1 Å². The van der Waals surface area contributed by atoms with Gasteiger partial charge in [-0.2, -0.15) is 0 Å². The minimum Gasteiger partial charge on any atom is -0.481 e. The molecule has 0 radical (unpaired) electrons. The average Bonchev–Trinajstić information content (AvgIpc) is 2.65. The first-order valence-electron chi connectivity index (χ1n) is 6.28. The normalized spacial score (nSPS) is 22.2. The molecule has 1 unspecified atom stereocenters. The van der Waals surface area contributed by atoms with E-state index in [1.807, 2.05) is 0 Å². The molecule has 2 heterocycles. The largest absolute Gasteiger partial charge is 0.481 e. The van der Waals surface area contributed by atoms with Crippen LogP contribution in [-0.4, -0.2) is 52.2 Å². The van der Waals surface area contributed by atoms with Gasteiger partial charge in [0.15, 0.2) is 0 Å². The molecule has 9 heteroatoms. The number of carboxylic acids is 1. The summed E-state index contributed by atoms with van der Waals surface area (Å²) in [6, 6.07) is -1.02. The van der Waals surface area contributed by atoms with Gasteiger partial charge in [0.1, 0.15) is 11.7 Å². The Morgan fingerprint density at radius 2 is 2.10 bits per heavy atom. The number of nitrogens with zero attached hydrogens (tertiary/aromatic N) is 1. The van der Waals surface area contributed by atoms with Crippen LogP contribution in [0.4, 0.5) is 0 Å². The minimum absolute atomic E-state index is 0.0105. The second-order valence-electron chi connectivity index (χ2n) is 4.61. The number of carboxylic acid groups (broad SMARTS) is 1. The van der Waals surface area contributed by atoms with Crippen LogP contribution >= 0.6 is 0 Å². The number of imide groups is 2. The number of amides is 4. The first kappa shape index (κ1) is 14.7. The molecular formula is C12H13N3O6. The van der Waals surface area contributed by atoms with Crippen LogP contribution in [0.25, 0.3) is 0 Å². The third-order valence-electron chi connectivity index (χ3n) is 3.13. The van der Waals surface area contributed by atoms with Gasteiger partial charge in [-0.05, 0) is 6.42 Å². The Morgan fingerprint density at radius 1 is 1.38 bits per heavy atom. The van der Waals surface area contributed by atoms with Gasteiger partial charge in [-0.15, -0.1) is 0 Å². The second-order valence-corrected chi connectivity index (χ2v) is 4.61. The van der Waals surface area contributed by atoms with E-state index in [9.17, 15) is 24.0 Å². The lowest BCUT2D eigenvalue weighted by molar-refractivity contribution is -0.149. The van der Waals surface area contributed by atoms with Crippen LogP contribution in [-0.2, 0) is 24.0 Å². The highest BCUT2D eigenvalue weighted by Gasteiger charge is 2.42. The molecule has 112 valence electrons. The summed E-state index contributed by atoms with van der Waals surface area (Å²) in [6.45, 7) is -0.0105. The zero-order chi connectivity index (χ0) is 15.6. The van der Waals surface area contributed by atoms with Gasteiger partial charge < -0.3 is 10.4 Å². The van der Waals surface area contributed by atoms with Crippen molar-refractivity contribution in [3.63, 3.8) is 0 Å². The fourth-order valence-electron chi connectivity index (χ4n) is 2.14. The molecule has 2 aliphatic heterocycles. The third-order valence-corrected chi connectivity index (χ3v) is 3.13. The van der Waals surface area contributed by atoms with Gasteiger partial charge in [0.05, 0.1) is 6.42 Å². The Kier molecular flexibility index (Phi) is 4.01. The van der Waals surface area contributed by atoms with E-state index in [-0.39, 0.29) is 31.5 Å². The summed E-state index contributed by atoms with van der Waals surface area (Å²) >= 11 is 0. The first-order valence-corrected chi connectivity index (χ1v) is 6.28. The number of piperidine rings is 1. The van der Waals surface area contributed by atoms with Crippen LogP contribution in [0.1, 0.15) is 19.3 Å². The number of aliphatic carboxylic acids is 1. The van der Waals surface area contributed by atoms with E-state index < -0.39 is 35.6 Å². The molecule has 21 heavy (non-hydrogen) atoms. The van der Waals surface area contributed by atoms with Crippen LogP contribution in [0.2, 0.25) is 0 Å². The summed E-state index contributed by atoms with van der Waals surface area (Å²) in [6.07, 6.45) is 0.943. The fraction of sp³-hybridized carbons (Fsp3) is 0.417. The maximum atomic E-state index is 12.1. The Bertz CT molecular complexity index is 567. The highest BCUT2D eigenvalue weighted by Crippen LogP contribution is 2.19. The highest BCUT2D eigenvalue weighted by molar-refractivity contribution is 6.18. The monoisotopic (exact) mass is 295 g/mol. The van der Waals surface area contributed by atoms with Crippen LogP contribution in [0.3, 0.4) is 0 Å². The number of nitrogens with one attached hydrogen (secondary N) is 2. The summed E-state index contributed by atoms with van der Waals surface area (Å²) in [4.78, 5) is 57.8. The fourth-order valence-corrected chi connectivity index (χ4v) is 2.14. The van der Waals surface area contributed by atoms with Gasteiger partial charge in [0, 0.05) is 19.0 Å². The van der Waals surface area contributed by atoms with E-state index in [2.05, 4.69) is 10.6 Å². The minimum atomic E-state index is -1.04. The third kappa shape index (κ3) is 3.07. The van der Waals surface area contributed by atoms with Crippen molar-refractivity contribution >= 4 is 29.6 Å². The molecule has 0 aromatic heterocycles. The smallest absolute Gasteiger partial charge is 0.305 e. The van der Waals surface area contributed by atoms with Gasteiger partial charge in [-0.1, -0.05) is 0 Å².